The molecule has 256 valence electrons. The average molecular weight is 677 g/mol. The van der Waals surface area contributed by atoms with Crippen molar-refractivity contribution in [2.24, 2.45) is 17.0 Å². The molecule has 0 aliphatic carbocycles. The van der Waals surface area contributed by atoms with Crippen LogP contribution in [0.2, 0.25) is 0 Å². The summed E-state index contributed by atoms with van der Waals surface area (Å²) in [6, 6.07) is 8.38. The van der Waals surface area contributed by atoms with Crippen molar-refractivity contribution in [2.45, 2.75) is 84.9 Å². The van der Waals surface area contributed by atoms with Crippen molar-refractivity contribution in [3.63, 3.8) is 0 Å². The summed E-state index contributed by atoms with van der Waals surface area (Å²) in [5.74, 6) is -2.21. The van der Waals surface area contributed by atoms with Gasteiger partial charge in [-0.15, -0.1) is 0 Å². The fourth-order valence-electron chi connectivity index (χ4n) is 4.57. The third-order valence-electron chi connectivity index (χ3n) is 7.20. The second-order valence-electron chi connectivity index (χ2n) is 11.7. The number of rotatable bonds is 16. The summed E-state index contributed by atoms with van der Waals surface area (Å²) in [7, 11) is -4.38. The van der Waals surface area contributed by atoms with Crippen LogP contribution in [0.1, 0.15) is 60.4 Å². The zero-order valence-corrected chi connectivity index (χ0v) is 28.3. The Bertz CT molecular complexity index is 1580. The van der Waals surface area contributed by atoms with Gasteiger partial charge in [-0.1, -0.05) is 51.0 Å². The zero-order valence-electron chi connectivity index (χ0n) is 27.4. The Balaban J connectivity index is 2.01. The number of benzene rings is 1. The molecule has 0 saturated carbocycles. The van der Waals surface area contributed by atoms with Gasteiger partial charge in [-0.25, -0.2) is 9.36 Å². The van der Waals surface area contributed by atoms with Crippen LogP contribution in [0.5, 0.6) is 5.75 Å². The third kappa shape index (κ3) is 9.49. The molecule has 0 radical (unpaired) electrons. The molecule has 17 heteroatoms. The van der Waals surface area contributed by atoms with E-state index in [-0.39, 0.29) is 36.2 Å². The summed E-state index contributed by atoms with van der Waals surface area (Å²) in [5.41, 5.74) is 7.23. The van der Waals surface area contributed by atoms with Crippen LogP contribution in [0, 0.1) is 11.8 Å². The Morgan fingerprint density at radius 2 is 1.81 bits per heavy atom. The molecule has 1 unspecified atom stereocenters. The maximum absolute atomic E-state index is 14.1. The summed E-state index contributed by atoms with van der Waals surface area (Å²) in [6.45, 7) is 10.6. The second-order valence-corrected chi connectivity index (χ2v) is 13.4. The maximum atomic E-state index is 14.1. The summed E-state index contributed by atoms with van der Waals surface area (Å²) in [5, 5.41) is 6.45. The molecule has 6 atom stereocenters. The van der Waals surface area contributed by atoms with Gasteiger partial charge in [0, 0.05) is 23.4 Å². The molecule has 1 aliphatic heterocycles. The molecule has 1 aromatic heterocycles. The van der Waals surface area contributed by atoms with Crippen LogP contribution >= 0.6 is 7.75 Å². The first-order valence-electron chi connectivity index (χ1n) is 15.1. The van der Waals surface area contributed by atoms with E-state index in [1.807, 2.05) is 0 Å². The molecular formula is C30H41N6O10P. The molecule has 16 nitrogen and oxygen atoms in total. The van der Waals surface area contributed by atoms with E-state index in [4.69, 9.17) is 23.3 Å². The van der Waals surface area contributed by atoms with Crippen LogP contribution in [0.25, 0.3) is 10.4 Å². The lowest BCUT2D eigenvalue weighted by molar-refractivity contribution is -0.158. The van der Waals surface area contributed by atoms with Crippen LogP contribution in [0.15, 0.2) is 52.5 Å². The molecule has 1 fully saturated rings. The van der Waals surface area contributed by atoms with Gasteiger partial charge in [-0.05, 0) is 44.5 Å². The normalized spacial score (nSPS) is 22.6. The minimum Gasteiger partial charge on any atom is -0.465 e. The van der Waals surface area contributed by atoms with E-state index < -0.39 is 67.9 Å². The number of carbonyl (C=O) groups excluding carboxylic acids is 3. The SMILES string of the molecule is CCOC(=O)[C@H](C)NP(=O)(OC[C@H]1O[C@@H](n2ccc(CC(=O)C(C)C)nc2=O)[C@](C)(N=[N+]=[N-])[C@@H]1OC(=O)C(C)C)Oc1ccccc1. The highest BCUT2D eigenvalue weighted by Crippen LogP contribution is 2.48. The number of Topliss-reactive ketones (excluding diaryl/α,β-unsaturated/α-hetero) is 1. The van der Waals surface area contributed by atoms with Gasteiger partial charge < -0.3 is 18.7 Å². The lowest BCUT2D eigenvalue weighted by Gasteiger charge is -2.31. The largest absolute Gasteiger partial charge is 0.465 e. The van der Waals surface area contributed by atoms with Gasteiger partial charge >= 0.3 is 25.4 Å². The molecule has 1 aliphatic rings. The van der Waals surface area contributed by atoms with E-state index in [0.717, 1.165) is 4.57 Å². The van der Waals surface area contributed by atoms with Crippen molar-refractivity contribution in [2.75, 3.05) is 13.2 Å². The van der Waals surface area contributed by atoms with Crippen LogP contribution in [0.4, 0.5) is 0 Å². The summed E-state index contributed by atoms with van der Waals surface area (Å²) < 4.78 is 43.5. The van der Waals surface area contributed by atoms with Crippen molar-refractivity contribution < 1.29 is 42.2 Å². The molecule has 3 rings (SSSR count). The lowest BCUT2D eigenvalue weighted by Crippen LogP contribution is -2.47. The number of hydrogen-bond acceptors (Lipinski definition) is 12. The summed E-state index contributed by atoms with van der Waals surface area (Å²) >= 11 is 0. The minimum absolute atomic E-state index is 0.0636. The summed E-state index contributed by atoms with van der Waals surface area (Å²) in [6.07, 6.45) is -2.75. The zero-order chi connectivity index (χ0) is 34.9. The molecule has 1 aromatic carbocycles. The van der Waals surface area contributed by atoms with E-state index >= 15 is 0 Å². The average Bonchev–Trinajstić information content (AvgIpc) is 3.27. The smallest absolute Gasteiger partial charge is 0.459 e. The highest BCUT2D eigenvalue weighted by Gasteiger charge is 2.58. The number of nitrogens with zero attached hydrogens (tertiary/aromatic N) is 5. The van der Waals surface area contributed by atoms with E-state index in [0.29, 0.717) is 0 Å². The van der Waals surface area contributed by atoms with Crippen molar-refractivity contribution in [3.05, 3.63) is 69.2 Å². The number of ketones is 1. The molecular weight excluding hydrogens is 635 g/mol. The molecule has 1 N–H and O–H groups in total. The number of nitrogens with one attached hydrogen (secondary N) is 1. The van der Waals surface area contributed by atoms with Crippen molar-refractivity contribution >= 4 is 25.5 Å². The van der Waals surface area contributed by atoms with Gasteiger partial charge in [0.05, 0.1) is 24.8 Å². The lowest BCUT2D eigenvalue weighted by atomic mass is 9.92. The second kappa shape index (κ2) is 16.2. The van der Waals surface area contributed by atoms with Gasteiger partial charge in [0.2, 0.25) is 0 Å². The monoisotopic (exact) mass is 676 g/mol. The quantitative estimate of drug-likeness (QED) is 0.0868. The first kappa shape index (κ1) is 37.4. The molecule has 0 amide bonds. The fourth-order valence-corrected chi connectivity index (χ4v) is 6.07. The topological polar surface area (TPSA) is 210 Å². The Morgan fingerprint density at radius 1 is 1.13 bits per heavy atom. The maximum Gasteiger partial charge on any atom is 0.459 e. The number of aromatic nitrogens is 2. The predicted molar refractivity (Wildman–Crippen MR) is 168 cm³/mol. The van der Waals surface area contributed by atoms with Gasteiger partial charge in [0.25, 0.3) is 0 Å². The number of carbonyl (C=O) groups is 3. The fraction of sp³-hybridized carbons (Fsp3) is 0.567. The molecule has 0 bridgehead atoms. The van der Waals surface area contributed by atoms with Gasteiger partial charge in [0.1, 0.15) is 35.3 Å². The Labute approximate surface area is 272 Å². The Hall–Kier alpha value is -4.07. The van der Waals surface area contributed by atoms with Crippen molar-refractivity contribution in [1.82, 2.24) is 14.6 Å². The van der Waals surface area contributed by atoms with E-state index in [1.165, 1.54) is 38.2 Å². The Kier molecular flexibility index (Phi) is 12.9. The van der Waals surface area contributed by atoms with E-state index in [2.05, 4.69) is 20.1 Å². The van der Waals surface area contributed by atoms with Gasteiger partial charge in [-0.2, -0.15) is 10.1 Å². The predicted octanol–water partition coefficient (Wildman–Crippen LogP) is 4.29. The molecule has 1 saturated heterocycles. The number of esters is 2. The Morgan fingerprint density at radius 3 is 2.38 bits per heavy atom. The number of azide groups is 1. The van der Waals surface area contributed by atoms with Crippen LogP contribution < -0.4 is 15.3 Å². The van der Waals surface area contributed by atoms with Crippen LogP contribution in [-0.4, -0.2) is 64.3 Å². The highest BCUT2D eigenvalue weighted by atomic mass is 31.2. The van der Waals surface area contributed by atoms with Gasteiger partial charge in [-0.3, -0.25) is 23.5 Å². The summed E-state index contributed by atoms with van der Waals surface area (Å²) in [4.78, 5) is 57.7. The van der Waals surface area contributed by atoms with Crippen molar-refractivity contribution in [1.29, 1.82) is 0 Å². The number of ether oxygens (including phenoxy) is 3. The van der Waals surface area contributed by atoms with Crippen molar-refractivity contribution in [3.8, 4) is 5.75 Å². The molecule has 2 heterocycles. The first-order chi connectivity index (χ1) is 22.1. The number of hydrogen-bond donors (Lipinski definition) is 1. The highest BCUT2D eigenvalue weighted by molar-refractivity contribution is 7.52. The van der Waals surface area contributed by atoms with Gasteiger partial charge in [0.15, 0.2) is 6.23 Å². The molecule has 0 spiro atoms. The van der Waals surface area contributed by atoms with Crippen LogP contribution in [-0.2, 0) is 44.1 Å². The van der Waals surface area contributed by atoms with Crippen LogP contribution in [0.3, 0.4) is 0 Å². The molecule has 47 heavy (non-hydrogen) atoms. The van der Waals surface area contributed by atoms with E-state index in [1.54, 1.807) is 52.8 Å². The number of para-hydroxylation sites is 1. The molecule has 2 aromatic rings. The third-order valence-corrected chi connectivity index (χ3v) is 8.84. The minimum atomic E-state index is -4.38. The first-order valence-corrected chi connectivity index (χ1v) is 16.6. The standard InChI is InChI=1S/C30H41N6O10P/c1-8-42-27(39)20(6)33-47(41,46-22-12-10-9-11-13-22)43-17-24-25(45-26(38)19(4)5)30(7,34-35-31)28(44-24)36-15-14-21(32-29(36)40)16-23(37)18(2)3/h9-15,18-20,24-25,28H,8,16-17H2,1-7H3,(H,33,41)/t20-,24+,25+,28+,30+,47?/m0/s1. The van der Waals surface area contributed by atoms with E-state index in [9.17, 15) is 29.3 Å².